The number of halogens is 1. The van der Waals surface area contributed by atoms with E-state index in [1.165, 1.54) is 36.7 Å². The Labute approximate surface area is 158 Å². The lowest BCUT2D eigenvalue weighted by Gasteiger charge is -2.07. The summed E-state index contributed by atoms with van der Waals surface area (Å²) in [6.45, 7) is 3.79. The van der Waals surface area contributed by atoms with E-state index in [1.807, 2.05) is 19.9 Å². The Morgan fingerprint density at radius 2 is 2.19 bits per heavy atom. The number of allylic oxidation sites excluding steroid dienone is 1. The van der Waals surface area contributed by atoms with Crippen LogP contribution in [0, 0.1) is 25.2 Å². The average Bonchev–Trinajstić information content (AvgIpc) is 2.90. The molecule has 0 atom stereocenters. The van der Waals surface area contributed by atoms with Crippen LogP contribution in [0.1, 0.15) is 21.8 Å². The van der Waals surface area contributed by atoms with Crippen LogP contribution in [0.3, 0.4) is 0 Å². The van der Waals surface area contributed by atoms with Crippen LogP contribution in [-0.4, -0.2) is 22.2 Å². The van der Waals surface area contributed by atoms with Crippen molar-refractivity contribution in [3.8, 4) is 17.6 Å². The lowest BCUT2D eigenvalue weighted by atomic mass is 10.1. The molecule has 0 saturated carbocycles. The van der Waals surface area contributed by atoms with Gasteiger partial charge in [-0.15, -0.1) is 11.3 Å². The topological polar surface area (TPSA) is 99.0 Å². The highest BCUT2D eigenvalue weighted by molar-refractivity contribution is 7.18. The van der Waals surface area contributed by atoms with Crippen LogP contribution in [0.2, 0.25) is 5.02 Å². The lowest BCUT2D eigenvalue weighted by Crippen LogP contribution is -2.10. The van der Waals surface area contributed by atoms with Gasteiger partial charge in [0.05, 0.1) is 23.1 Å². The van der Waals surface area contributed by atoms with Crippen LogP contribution in [0.15, 0.2) is 16.9 Å². The van der Waals surface area contributed by atoms with Gasteiger partial charge in [0.25, 0.3) is 5.56 Å². The molecule has 132 valence electrons. The van der Waals surface area contributed by atoms with E-state index in [2.05, 4.69) is 9.97 Å². The van der Waals surface area contributed by atoms with Crippen LogP contribution in [0.5, 0.6) is 11.5 Å². The molecule has 0 unspecified atom stereocenters. The molecule has 0 radical (unpaired) electrons. The summed E-state index contributed by atoms with van der Waals surface area (Å²) in [6.07, 6.45) is 1.52. The second-order valence-corrected chi connectivity index (χ2v) is 7.21. The molecule has 2 aromatic heterocycles. The summed E-state index contributed by atoms with van der Waals surface area (Å²) in [5, 5.41) is 20.0. The Morgan fingerprint density at radius 1 is 1.46 bits per heavy atom. The molecule has 2 N–H and O–H groups in total. The van der Waals surface area contributed by atoms with E-state index < -0.39 is 0 Å². The summed E-state index contributed by atoms with van der Waals surface area (Å²) in [5.41, 5.74) is 1.30. The van der Waals surface area contributed by atoms with Crippen molar-refractivity contribution >= 4 is 44.8 Å². The van der Waals surface area contributed by atoms with Crippen LogP contribution in [-0.2, 0) is 0 Å². The fraction of sp³-hybridized carbons (Fsp3) is 0.167. The van der Waals surface area contributed by atoms with E-state index in [0.29, 0.717) is 15.8 Å². The molecule has 0 spiro atoms. The number of nitriles is 1. The monoisotopic (exact) mass is 387 g/mol. The Bertz CT molecular complexity index is 1160. The quantitative estimate of drug-likeness (QED) is 0.661. The van der Waals surface area contributed by atoms with Gasteiger partial charge in [-0.05, 0) is 43.2 Å². The molecule has 0 aliphatic heterocycles. The zero-order valence-corrected chi connectivity index (χ0v) is 15.7. The van der Waals surface area contributed by atoms with Gasteiger partial charge in [0.15, 0.2) is 17.3 Å². The van der Waals surface area contributed by atoms with Crippen LogP contribution in [0.4, 0.5) is 0 Å². The Balaban J connectivity index is 2.17. The van der Waals surface area contributed by atoms with Gasteiger partial charge >= 0.3 is 0 Å². The number of aryl methyl sites for hydroxylation is 2. The number of phenols is 1. The third-order valence-corrected chi connectivity index (χ3v) is 5.39. The first-order chi connectivity index (χ1) is 12.3. The first-order valence-corrected chi connectivity index (χ1v) is 8.73. The fourth-order valence-corrected chi connectivity index (χ4v) is 3.78. The second kappa shape index (κ2) is 6.83. The van der Waals surface area contributed by atoms with Crippen molar-refractivity contribution in [3.05, 3.63) is 49.3 Å². The summed E-state index contributed by atoms with van der Waals surface area (Å²) >= 11 is 7.39. The summed E-state index contributed by atoms with van der Waals surface area (Å²) in [7, 11) is 1.40. The number of benzene rings is 1. The fourth-order valence-electron chi connectivity index (χ4n) is 2.54. The number of ether oxygens (including phenoxy) is 1. The third kappa shape index (κ3) is 3.05. The van der Waals surface area contributed by atoms with Gasteiger partial charge in [-0.1, -0.05) is 11.6 Å². The van der Waals surface area contributed by atoms with Crippen molar-refractivity contribution in [2.45, 2.75) is 13.8 Å². The molecule has 8 heteroatoms. The molecule has 3 rings (SSSR count). The van der Waals surface area contributed by atoms with Crippen molar-refractivity contribution in [3.63, 3.8) is 0 Å². The van der Waals surface area contributed by atoms with Crippen molar-refractivity contribution < 1.29 is 9.84 Å². The molecule has 0 aliphatic rings. The van der Waals surface area contributed by atoms with Gasteiger partial charge in [0.2, 0.25) is 0 Å². The highest BCUT2D eigenvalue weighted by Crippen LogP contribution is 2.36. The molecule has 0 aliphatic carbocycles. The second-order valence-electron chi connectivity index (χ2n) is 5.60. The minimum Gasteiger partial charge on any atom is -0.503 e. The van der Waals surface area contributed by atoms with E-state index >= 15 is 0 Å². The normalized spacial score (nSPS) is 11.6. The SMILES string of the molecule is COc1cc(/C=C(\C#N)c2nc3sc(C)c(C)c3c(=O)[nH]2)cc(Cl)c1O. The van der Waals surface area contributed by atoms with Gasteiger partial charge in [-0.3, -0.25) is 4.79 Å². The summed E-state index contributed by atoms with van der Waals surface area (Å²) in [4.78, 5) is 21.1. The number of aromatic hydroxyl groups is 1. The Morgan fingerprint density at radius 3 is 2.85 bits per heavy atom. The number of thiophene rings is 1. The third-order valence-electron chi connectivity index (χ3n) is 4.00. The Hall–Kier alpha value is -2.82. The van der Waals surface area contributed by atoms with Crippen molar-refractivity contribution in [2.24, 2.45) is 0 Å². The maximum atomic E-state index is 12.4. The number of hydrogen-bond acceptors (Lipinski definition) is 6. The van der Waals surface area contributed by atoms with Gasteiger partial charge < -0.3 is 14.8 Å². The molecule has 2 heterocycles. The number of aromatic amines is 1. The molecule has 26 heavy (non-hydrogen) atoms. The lowest BCUT2D eigenvalue weighted by molar-refractivity contribution is 0.373. The number of methoxy groups -OCH3 is 1. The summed E-state index contributed by atoms with van der Waals surface area (Å²) < 4.78 is 5.06. The first-order valence-electron chi connectivity index (χ1n) is 7.54. The van der Waals surface area contributed by atoms with Crippen LogP contribution >= 0.6 is 22.9 Å². The highest BCUT2D eigenvalue weighted by atomic mass is 35.5. The molecular formula is C18H14ClN3O3S. The van der Waals surface area contributed by atoms with Gasteiger partial charge in [-0.2, -0.15) is 5.26 Å². The van der Waals surface area contributed by atoms with Gasteiger partial charge in [0.1, 0.15) is 10.9 Å². The molecule has 0 fully saturated rings. The van der Waals surface area contributed by atoms with Crippen molar-refractivity contribution in [1.82, 2.24) is 9.97 Å². The predicted molar refractivity (Wildman–Crippen MR) is 103 cm³/mol. The summed E-state index contributed by atoms with van der Waals surface area (Å²) in [6, 6.07) is 5.07. The van der Waals surface area contributed by atoms with Gasteiger partial charge in [-0.25, -0.2) is 4.98 Å². The number of nitrogens with zero attached hydrogens (tertiary/aromatic N) is 2. The van der Waals surface area contributed by atoms with Crippen molar-refractivity contribution in [1.29, 1.82) is 5.26 Å². The molecule has 0 saturated heterocycles. The average molecular weight is 388 g/mol. The van der Waals surface area contributed by atoms with Crippen LogP contribution < -0.4 is 10.3 Å². The zero-order valence-electron chi connectivity index (χ0n) is 14.2. The van der Waals surface area contributed by atoms with Crippen molar-refractivity contribution in [2.75, 3.05) is 7.11 Å². The largest absolute Gasteiger partial charge is 0.503 e. The van der Waals surface area contributed by atoms with E-state index in [9.17, 15) is 15.2 Å². The highest BCUT2D eigenvalue weighted by Gasteiger charge is 2.15. The molecule has 6 nitrogen and oxygen atoms in total. The maximum absolute atomic E-state index is 12.4. The Kier molecular flexibility index (Phi) is 4.72. The number of rotatable bonds is 3. The zero-order chi connectivity index (χ0) is 19.0. The predicted octanol–water partition coefficient (Wildman–Crippen LogP) is 4.03. The molecule has 1 aromatic carbocycles. The number of fused-ring (bicyclic) bond motifs is 1. The molecule has 3 aromatic rings. The number of H-pyrrole nitrogens is 1. The standard InChI is InChI=1S/C18H14ClN3O3S/c1-8-9(2)26-18-14(8)17(24)21-16(22-18)11(7-20)4-10-5-12(19)15(23)13(6-10)25-3/h4-6,23H,1-3H3,(H,21,22,24)/b11-4+. The van der Waals surface area contributed by atoms with Gasteiger partial charge in [0, 0.05) is 4.88 Å². The van der Waals surface area contributed by atoms with E-state index in [4.69, 9.17) is 16.3 Å². The number of nitrogens with one attached hydrogen (secondary N) is 1. The minimum atomic E-state index is -0.283. The van der Waals surface area contributed by atoms with E-state index in [-0.39, 0.29) is 33.5 Å². The number of aromatic nitrogens is 2. The maximum Gasteiger partial charge on any atom is 0.260 e. The first kappa shape index (κ1) is 18.0. The van der Waals surface area contributed by atoms with E-state index in [0.717, 1.165) is 10.4 Å². The minimum absolute atomic E-state index is 0.0919. The number of phenolic OH excluding ortho intramolecular Hbond substituents is 1. The molecule has 0 bridgehead atoms. The van der Waals surface area contributed by atoms with Crippen LogP contribution in [0.25, 0.3) is 21.9 Å². The van der Waals surface area contributed by atoms with E-state index in [1.54, 1.807) is 0 Å². The molecular weight excluding hydrogens is 374 g/mol. The smallest absolute Gasteiger partial charge is 0.260 e. The summed E-state index contributed by atoms with van der Waals surface area (Å²) in [5.74, 6) is 0.180. The number of hydrogen-bond donors (Lipinski definition) is 2. The molecule has 0 amide bonds.